The number of nitrogens with zero attached hydrogens (tertiary/aromatic N) is 4. The summed E-state index contributed by atoms with van der Waals surface area (Å²) in [5, 5.41) is 3.06. The fraction of sp³-hybridized carbons (Fsp3) is 0.370. The fourth-order valence-corrected chi connectivity index (χ4v) is 4.48. The van der Waals surface area contributed by atoms with Crippen molar-refractivity contribution in [2.75, 3.05) is 43.1 Å². The van der Waals surface area contributed by atoms with Gasteiger partial charge >= 0.3 is 6.03 Å². The molecule has 2 aliphatic rings. The van der Waals surface area contributed by atoms with Gasteiger partial charge in [0.25, 0.3) is 0 Å². The molecule has 1 N–H and O–H groups in total. The van der Waals surface area contributed by atoms with Crippen molar-refractivity contribution in [3.8, 4) is 11.4 Å². The molecule has 2 aliphatic heterocycles. The van der Waals surface area contributed by atoms with Crippen LogP contribution >= 0.6 is 0 Å². The Morgan fingerprint density at radius 1 is 0.971 bits per heavy atom. The monoisotopic (exact) mass is 457 g/mol. The van der Waals surface area contributed by atoms with Gasteiger partial charge in [-0.1, -0.05) is 56.3 Å². The number of hydrogen-bond donors (Lipinski definition) is 1. The average molecular weight is 458 g/mol. The highest BCUT2D eigenvalue weighted by Crippen LogP contribution is 2.30. The van der Waals surface area contributed by atoms with E-state index in [2.05, 4.69) is 36.2 Å². The minimum Gasteiger partial charge on any atom is -0.378 e. The van der Waals surface area contributed by atoms with Crippen molar-refractivity contribution in [2.45, 2.75) is 32.7 Å². The van der Waals surface area contributed by atoms with Gasteiger partial charge in [0.1, 0.15) is 5.82 Å². The van der Waals surface area contributed by atoms with E-state index in [1.54, 1.807) is 0 Å². The van der Waals surface area contributed by atoms with Gasteiger partial charge in [-0.05, 0) is 23.6 Å². The fourth-order valence-electron chi connectivity index (χ4n) is 4.48. The molecule has 7 heteroatoms. The first kappa shape index (κ1) is 22.3. The second-order valence-corrected chi connectivity index (χ2v) is 9.14. The third-order valence-corrected chi connectivity index (χ3v) is 6.50. The van der Waals surface area contributed by atoms with Crippen LogP contribution < -0.4 is 10.2 Å². The van der Waals surface area contributed by atoms with Crippen LogP contribution in [0.1, 0.15) is 36.6 Å². The summed E-state index contributed by atoms with van der Waals surface area (Å²) in [6.07, 6.45) is 0.703. The molecule has 1 fully saturated rings. The summed E-state index contributed by atoms with van der Waals surface area (Å²) >= 11 is 0. The molecule has 0 spiro atoms. The Hall–Kier alpha value is -3.45. The Kier molecular flexibility index (Phi) is 6.45. The van der Waals surface area contributed by atoms with E-state index < -0.39 is 0 Å². The van der Waals surface area contributed by atoms with Crippen LogP contribution in [0.2, 0.25) is 0 Å². The number of ether oxygens (including phenoxy) is 1. The maximum atomic E-state index is 13.1. The smallest absolute Gasteiger partial charge is 0.322 e. The zero-order valence-electron chi connectivity index (χ0n) is 19.8. The lowest BCUT2D eigenvalue weighted by Crippen LogP contribution is -2.42. The molecule has 0 radical (unpaired) electrons. The second-order valence-electron chi connectivity index (χ2n) is 9.14. The summed E-state index contributed by atoms with van der Waals surface area (Å²) in [4.78, 5) is 27.1. The van der Waals surface area contributed by atoms with Crippen LogP contribution in [-0.2, 0) is 17.7 Å². The molecule has 0 saturated carbocycles. The standard InChI is InChI=1S/C27H31N5O2/c1-19(2)20-8-10-22(11-9-20)28-27(33)32-13-12-24-23(18-32)26(31-14-16-34-17-15-31)30-25(29-24)21-6-4-3-5-7-21/h3-11,19H,12-18H2,1-2H3,(H,28,33). The molecular weight excluding hydrogens is 426 g/mol. The number of hydrogen-bond acceptors (Lipinski definition) is 5. The largest absolute Gasteiger partial charge is 0.378 e. The third kappa shape index (κ3) is 4.75. The lowest BCUT2D eigenvalue weighted by Gasteiger charge is -2.34. The summed E-state index contributed by atoms with van der Waals surface area (Å²) in [6, 6.07) is 18.1. The molecule has 0 atom stereocenters. The quantitative estimate of drug-likeness (QED) is 0.615. The van der Waals surface area contributed by atoms with E-state index in [0.29, 0.717) is 38.6 Å². The molecule has 7 nitrogen and oxygen atoms in total. The number of carbonyl (C=O) groups is 1. The van der Waals surface area contributed by atoms with E-state index in [0.717, 1.165) is 47.2 Å². The minimum absolute atomic E-state index is 0.0944. The molecule has 3 heterocycles. The molecule has 34 heavy (non-hydrogen) atoms. The number of anilines is 2. The Morgan fingerprint density at radius 3 is 2.41 bits per heavy atom. The number of amides is 2. The van der Waals surface area contributed by atoms with Crippen LogP contribution in [0.25, 0.3) is 11.4 Å². The molecule has 2 amide bonds. The van der Waals surface area contributed by atoms with E-state index >= 15 is 0 Å². The Morgan fingerprint density at radius 2 is 1.71 bits per heavy atom. The summed E-state index contributed by atoms with van der Waals surface area (Å²) < 4.78 is 5.57. The van der Waals surface area contributed by atoms with E-state index in [9.17, 15) is 4.79 Å². The third-order valence-electron chi connectivity index (χ3n) is 6.50. The summed E-state index contributed by atoms with van der Waals surface area (Å²) in [6.45, 7) is 8.36. The van der Waals surface area contributed by atoms with Crippen LogP contribution in [-0.4, -0.2) is 53.7 Å². The molecule has 2 aromatic carbocycles. The SMILES string of the molecule is CC(C)c1ccc(NC(=O)N2CCc3nc(-c4ccccc4)nc(N4CCOCC4)c3C2)cc1. The van der Waals surface area contributed by atoms with Gasteiger partial charge in [-0.2, -0.15) is 0 Å². The molecule has 0 bridgehead atoms. The van der Waals surface area contributed by atoms with Gasteiger partial charge in [0.05, 0.1) is 25.5 Å². The topological polar surface area (TPSA) is 70.6 Å². The molecule has 1 aromatic heterocycles. The van der Waals surface area contributed by atoms with Crippen molar-refractivity contribution in [1.82, 2.24) is 14.9 Å². The van der Waals surface area contributed by atoms with Crippen LogP contribution in [0.3, 0.4) is 0 Å². The number of nitrogens with one attached hydrogen (secondary N) is 1. The first-order valence-electron chi connectivity index (χ1n) is 12.0. The van der Waals surface area contributed by atoms with Crippen LogP contribution in [0.15, 0.2) is 54.6 Å². The predicted octanol–water partition coefficient (Wildman–Crippen LogP) is 4.69. The van der Waals surface area contributed by atoms with Crippen molar-refractivity contribution in [2.24, 2.45) is 0 Å². The molecular formula is C27H31N5O2. The van der Waals surface area contributed by atoms with Gasteiger partial charge in [-0.25, -0.2) is 14.8 Å². The van der Waals surface area contributed by atoms with E-state index in [-0.39, 0.29) is 6.03 Å². The first-order chi connectivity index (χ1) is 16.6. The van der Waals surface area contributed by atoms with Crippen molar-refractivity contribution in [3.63, 3.8) is 0 Å². The Balaban J connectivity index is 1.40. The maximum absolute atomic E-state index is 13.1. The number of benzene rings is 2. The average Bonchev–Trinajstić information content (AvgIpc) is 2.89. The summed E-state index contributed by atoms with van der Waals surface area (Å²) in [7, 11) is 0. The first-order valence-corrected chi connectivity index (χ1v) is 12.0. The van der Waals surface area contributed by atoms with Gasteiger partial charge in [-0.3, -0.25) is 0 Å². The number of rotatable bonds is 4. The number of urea groups is 1. The van der Waals surface area contributed by atoms with Gasteiger partial charge < -0.3 is 19.9 Å². The van der Waals surface area contributed by atoms with E-state index in [1.807, 2.05) is 47.4 Å². The lowest BCUT2D eigenvalue weighted by atomic mass is 10.0. The summed E-state index contributed by atoms with van der Waals surface area (Å²) in [5.74, 6) is 2.12. The van der Waals surface area contributed by atoms with Gasteiger partial charge in [0, 0.05) is 42.9 Å². The van der Waals surface area contributed by atoms with Crippen molar-refractivity contribution >= 4 is 17.5 Å². The van der Waals surface area contributed by atoms with Crippen LogP contribution in [0, 0.1) is 0 Å². The number of carbonyl (C=O) groups excluding carboxylic acids is 1. The second kappa shape index (κ2) is 9.81. The van der Waals surface area contributed by atoms with Crippen LogP contribution in [0.5, 0.6) is 0 Å². The number of morpholine rings is 1. The maximum Gasteiger partial charge on any atom is 0.322 e. The number of aromatic nitrogens is 2. The molecule has 5 rings (SSSR count). The molecule has 0 unspecified atom stereocenters. The molecule has 0 aliphatic carbocycles. The van der Waals surface area contributed by atoms with E-state index in [4.69, 9.17) is 14.7 Å². The van der Waals surface area contributed by atoms with Crippen molar-refractivity contribution < 1.29 is 9.53 Å². The highest BCUT2D eigenvalue weighted by atomic mass is 16.5. The molecule has 176 valence electrons. The number of fused-ring (bicyclic) bond motifs is 1. The zero-order valence-corrected chi connectivity index (χ0v) is 19.8. The van der Waals surface area contributed by atoms with Crippen molar-refractivity contribution in [3.05, 3.63) is 71.4 Å². The normalized spacial score (nSPS) is 15.9. The van der Waals surface area contributed by atoms with Gasteiger partial charge in [0.2, 0.25) is 0 Å². The lowest BCUT2D eigenvalue weighted by molar-refractivity contribution is 0.122. The highest BCUT2D eigenvalue weighted by molar-refractivity contribution is 5.89. The Bertz CT molecular complexity index is 1140. The summed E-state index contributed by atoms with van der Waals surface area (Å²) in [5.41, 5.74) is 5.14. The van der Waals surface area contributed by atoms with Crippen molar-refractivity contribution in [1.29, 1.82) is 0 Å². The van der Waals surface area contributed by atoms with Gasteiger partial charge in [-0.15, -0.1) is 0 Å². The molecule has 1 saturated heterocycles. The van der Waals surface area contributed by atoms with Crippen LogP contribution in [0.4, 0.5) is 16.3 Å². The Labute approximate surface area is 200 Å². The highest BCUT2D eigenvalue weighted by Gasteiger charge is 2.28. The zero-order chi connectivity index (χ0) is 23.5. The van der Waals surface area contributed by atoms with E-state index in [1.165, 1.54) is 5.56 Å². The van der Waals surface area contributed by atoms with Gasteiger partial charge in [0.15, 0.2) is 5.82 Å². The molecule has 3 aromatic rings. The predicted molar refractivity (Wildman–Crippen MR) is 134 cm³/mol. The minimum atomic E-state index is -0.0944.